The summed E-state index contributed by atoms with van der Waals surface area (Å²) in [5.74, 6) is -0.465. The van der Waals surface area contributed by atoms with Crippen molar-refractivity contribution in [3.8, 4) is 0 Å². The van der Waals surface area contributed by atoms with Crippen molar-refractivity contribution in [2.75, 3.05) is 6.54 Å². The zero-order valence-electron chi connectivity index (χ0n) is 14.4. The van der Waals surface area contributed by atoms with Crippen molar-refractivity contribution in [1.82, 2.24) is 15.1 Å². The number of aromatic nitrogens is 2. The molecular weight excluding hydrogens is 302 g/mol. The number of nitrogens with one attached hydrogen (secondary N) is 1. The number of rotatable bonds is 6. The van der Waals surface area contributed by atoms with Gasteiger partial charge >= 0.3 is 5.97 Å². The Kier molecular flexibility index (Phi) is 5.00. The molecule has 5 nitrogen and oxygen atoms in total. The van der Waals surface area contributed by atoms with Crippen LogP contribution in [0.25, 0.3) is 0 Å². The van der Waals surface area contributed by atoms with E-state index in [1.165, 1.54) is 23.1 Å². The molecule has 0 bridgehead atoms. The van der Waals surface area contributed by atoms with Gasteiger partial charge in [-0.15, -0.1) is 0 Å². The summed E-state index contributed by atoms with van der Waals surface area (Å²) in [6, 6.07) is 5.58. The first-order valence-corrected chi connectivity index (χ1v) is 8.66. The summed E-state index contributed by atoms with van der Waals surface area (Å²) in [6.45, 7) is 3.80. The average Bonchev–Trinajstić information content (AvgIpc) is 2.94. The van der Waals surface area contributed by atoms with Gasteiger partial charge in [0.15, 0.2) is 0 Å². The standard InChI is InChI=1S/C19H25N3O2/c1-3-18-16(12-22(2)21-18)11-20-10-15-6-4-5-13-7-8-14(19(23)24)9-17(13)15/h7-9,12,15,20H,3-6,10-11H2,1-2H3,(H,23,24)/t15-/m1/s1. The van der Waals surface area contributed by atoms with Crippen molar-refractivity contribution in [2.24, 2.45) is 7.05 Å². The predicted molar refractivity (Wildman–Crippen MR) is 93.4 cm³/mol. The predicted octanol–water partition coefficient (Wildman–Crippen LogP) is 2.89. The third kappa shape index (κ3) is 3.51. The molecule has 5 heteroatoms. The van der Waals surface area contributed by atoms with Crippen LogP contribution in [0.1, 0.15) is 58.4 Å². The summed E-state index contributed by atoms with van der Waals surface area (Å²) in [7, 11) is 1.95. The molecule has 0 spiro atoms. The second-order valence-electron chi connectivity index (χ2n) is 6.57. The Morgan fingerprint density at radius 3 is 3.04 bits per heavy atom. The first-order chi connectivity index (χ1) is 11.6. The highest BCUT2D eigenvalue weighted by atomic mass is 16.4. The van der Waals surface area contributed by atoms with Crippen LogP contribution in [-0.2, 0) is 26.4 Å². The number of aryl methyl sites for hydroxylation is 3. The van der Waals surface area contributed by atoms with Crippen LogP contribution >= 0.6 is 0 Å². The third-order valence-corrected chi connectivity index (χ3v) is 4.86. The van der Waals surface area contributed by atoms with E-state index in [1.54, 1.807) is 6.07 Å². The minimum atomic E-state index is -0.849. The number of nitrogens with zero attached hydrogens (tertiary/aromatic N) is 2. The largest absolute Gasteiger partial charge is 0.478 e. The molecule has 0 radical (unpaired) electrons. The maximum atomic E-state index is 11.2. The van der Waals surface area contributed by atoms with Crippen LogP contribution < -0.4 is 5.32 Å². The number of hydrogen-bond donors (Lipinski definition) is 2. The SMILES string of the molecule is CCc1nn(C)cc1CNC[C@H]1CCCc2ccc(C(=O)O)cc21. The smallest absolute Gasteiger partial charge is 0.335 e. The van der Waals surface area contributed by atoms with E-state index in [0.717, 1.165) is 38.0 Å². The molecule has 1 aromatic carbocycles. The van der Waals surface area contributed by atoms with Crippen LogP contribution in [0, 0.1) is 0 Å². The monoisotopic (exact) mass is 327 g/mol. The maximum absolute atomic E-state index is 11.2. The molecule has 1 aromatic heterocycles. The number of benzene rings is 1. The van der Waals surface area contributed by atoms with Crippen LogP contribution in [0.5, 0.6) is 0 Å². The van der Waals surface area contributed by atoms with E-state index < -0.39 is 5.97 Å². The molecule has 1 aliphatic carbocycles. The summed E-state index contributed by atoms with van der Waals surface area (Å²) in [4.78, 5) is 11.2. The summed E-state index contributed by atoms with van der Waals surface area (Å²) in [6.07, 6.45) is 6.33. The van der Waals surface area contributed by atoms with Gasteiger partial charge in [0.1, 0.15) is 0 Å². The molecule has 0 saturated heterocycles. The Morgan fingerprint density at radius 1 is 1.46 bits per heavy atom. The van der Waals surface area contributed by atoms with Gasteiger partial charge in [-0.25, -0.2) is 4.79 Å². The Hall–Kier alpha value is -2.14. The fraction of sp³-hybridized carbons (Fsp3) is 0.474. The second-order valence-corrected chi connectivity index (χ2v) is 6.57. The first-order valence-electron chi connectivity index (χ1n) is 8.66. The van der Waals surface area contributed by atoms with Gasteiger partial charge in [-0.2, -0.15) is 5.10 Å². The maximum Gasteiger partial charge on any atom is 0.335 e. The Bertz CT molecular complexity index is 736. The number of fused-ring (bicyclic) bond motifs is 1. The lowest BCUT2D eigenvalue weighted by molar-refractivity contribution is 0.0696. The molecule has 0 unspecified atom stereocenters. The molecule has 0 fully saturated rings. The number of carboxylic acid groups (broad SMARTS) is 1. The van der Waals surface area contributed by atoms with Crippen molar-refractivity contribution < 1.29 is 9.90 Å². The van der Waals surface area contributed by atoms with Gasteiger partial charge in [0.2, 0.25) is 0 Å². The van der Waals surface area contributed by atoms with Crippen LogP contribution in [0.2, 0.25) is 0 Å². The van der Waals surface area contributed by atoms with E-state index in [0.29, 0.717) is 11.5 Å². The second kappa shape index (κ2) is 7.18. The fourth-order valence-electron chi connectivity index (χ4n) is 3.65. The zero-order chi connectivity index (χ0) is 17.1. The van der Waals surface area contributed by atoms with Crippen LogP contribution in [0.4, 0.5) is 0 Å². The van der Waals surface area contributed by atoms with Crippen molar-refractivity contribution in [3.63, 3.8) is 0 Å². The zero-order valence-corrected chi connectivity index (χ0v) is 14.4. The molecule has 24 heavy (non-hydrogen) atoms. The summed E-state index contributed by atoms with van der Waals surface area (Å²) in [5, 5.41) is 17.3. The number of hydrogen-bond acceptors (Lipinski definition) is 3. The van der Waals surface area contributed by atoms with Gasteiger partial charge in [0.05, 0.1) is 11.3 Å². The normalized spacial score (nSPS) is 16.8. The lowest BCUT2D eigenvalue weighted by Crippen LogP contribution is -2.24. The lowest BCUT2D eigenvalue weighted by atomic mass is 9.82. The van der Waals surface area contributed by atoms with Crippen molar-refractivity contribution in [3.05, 3.63) is 52.3 Å². The van der Waals surface area contributed by atoms with Gasteiger partial charge in [-0.05, 0) is 54.9 Å². The number of aromatic carboxylic acids is 1. The number of carboxylic acids is 1. The molecule has 0 saturated carbocycles. The summed E-state index contributed by atoms with van der Waals surface area (Å²) >= 11 is 0. The Balaban J connectivity index is 1.68. The van der Waals surface area contributed by atoms with Gasteiger partial charge < -0.3 is 10.4 Å². The Labute approximate surface area is 142 Å². The van der Waals surface area contributed by atoms with Crippen LogP contribution in [0.15, 0.2) is 24.4 Å². The molecule has 2 aromatic rings. The average molecular weight is 327 g/mol. The number of carbonyl (C=O) groups is 1. The fourth-order valence-corrected chi connectivity index (χ4v) is 3.65. The molecule has 1 heterocycles. The van der Waals surface area contributed by atoms with E-state index in [9.17, 15) is 9.90 Å². The van der Waals surface area contributed by atoms with Gasteiger partial charge in [-0.3, -0.25) is 4.68 Å². The minimum absolute atomic E-state index is 0.384. The van der Waals surface area contributed by atoms with Gasteiger partial charge in [0, 0.05) is 31.9 Å². The lowest BCUT2D eigenvalue weighted by Gasteiger charge is -2.26. The summed E-state index contributed by atoms with van der Waals surface area (Å²) < 4.78 is 1.87. The topological polar surface area (TPSA) is 67.2 Å². The van der Waals surface area contributed by atoms with E-state index in [4.69, 9.17) is 0 Å². The highest BCUT2D eigenvalue weighted by molar-refractivity contribution is 5.88. The highest BCUT2D eigenvalue weighted by Gasteiger charge is 2.21. The first kappa shape index (κ1) is 16.7. The van der Waals surface area contributed by atoms with Crippen molar-refractivity contribution >= 4 is 5.97 Å². The quantitative estimate of drug-likeness (QED) is 0.856. The molecule has 0 aliphatic heterocycles. The van der Waals surface area contributed by atoms with E-state index in [1.807, 2.05) is 23.9 Å². The van der Waals surface area contributed by atoms with E-state index >= 15 is 0 Å². The molecule has 1 aliphatic rings. The summed E-state index contributed by atoms with van der Waals surface area (Å²) in [5.41, 5.74) is 5.28. The van der Waals surface area contributed by atoms with Crippen molar-refractivity contribution in [2.45, 2.75) is 45.1 Å². The molecule has 3 rings (SSSR count). The Morgan fingerprint density at radius 2 is 2.29 bits per heavy atom. The minimum Gasteiger partial charge on any atom is -0.478 e. The van der Waals surface area contributed by atoms with Gasteiger partial charge in [-0.1, -0.05) is 13.0 Å². The molecule has 1 atom stereocenters. The van der Waals surface area contributed by atoms with E-state index in [-0.39, 0.29) is 0 Å². The van der Waals surface area contributed by atoms with E-state index in [2.05, 4.69) is 23.5 Å². The third-order valence-electron chi connectivity index (χ3n) is 4.86. The molecule has 128 valence electrons. The van der Waals surface area contributed by atoms with Gasteiger partial charge in [0.25, 0.3) is 0 Å². The highest BCUT2D eigenvalue weighted by Crippen LogP contribution is 2.32. The van der Waals surface area contributed by atoms with Crippen molar-refractivity contribution in [1.29, 1.82) is 0 Å². The molecular formula is C19H25N3O2. The molecule has 2 N–H and O–H groups in total. The molecule has 0 amide bonds. The van der Waals surface area contributed by atoms with Crippen LogP contribution in [0.3, 0.4) is 0 Å². The van der Waals surface area contributed by atoms with Crippen LogP contribution in [-0.4, -0.2) is 27.4 Å².